The summed E-state index contributed by atoms with van der Waals surface area (Å²) < 4.78 is 82.4. The number of carbonyl (C=O) groups excluding carboxylic acids is 1. The molecule has 0 aliphatic carbocycles. The standard InChI is InChI=1S/C19H17ClF4N2O4S/c1-10-3-4-11-7-14(25-31(28,29)9-19(22,23)24)18(27)26(2)16(11)17(10)30-15-8-12(21)5-6-13(15)20/h3-6,8,14,25H,7,9H2,1-2H3/t14-/m1/s1. The minimum Gasteiger partial charge on any atom is -0.453 e. The molecule has 168 valence electrons. The molecule has 0 unspecified atom stereocenters. The van der Waals surface area contributed by atoms with Gasteiger partial charge in [-0.15, -0.1) is 0 Å². The molecule has 6 nitrogen and oxygen atoms in total. The predicted octanol–water partition coefficient (Wildman–Crippen LogP) is 3.95. The molecule has 2 aromatic carbocycles. The first-order chi connectivity index (χ1) is 14.3. The Morgan fingerprint density at radius 3 is 2.58 bits per heavy atom. The Bertz CT molecular complexity index is 1140. The van der Waals surface area contributed by atoms with Gasteiger partial charge in [0, 0.05) is 13.1 Å². The number of nitrogens with zero attached hydrogens (tertiary/aromatic N) is 1. The fourth-order valence-corrected chi connectivity index (χ4v) is 4.54. The number of amides is 1. The molecule has 1 N–H and O–H groups in total. The van der Waals surface area contributed by atoms with E-state index in [0.717, 1.165) is 17.0 Å². The third-order valence-corrected chi connectivity index (χ3v) is 6.24. The van der Waals surface area contributed by atoms with Crippen molar-refractivity contribution in [3.63, 3.8) is 0 Å². The maximum absolute atomic E-state index is 13.6. The second kappa shape index (κ2) is 8.29. The van der Waals surface area contributed by atoms with Crippen LogP contribution in [-0.2, 0) is 21.2 Å². The van der Waals surface area contributed by atoms with E-state index in [2.05, 4.69) is 0 Å². The SMILES string of the molecule is Cc1ccc2c(c1Oc1cc(F)ccc1Cl)N(C)C(=O)[C@H](NS(=O)(=O)CC(F)(F)F)C2. The number of alkyl halides is 3. The molecule has 1 atom stereocenters. The van der Waals surface area contributed by atoms with Crippen molar-refractivity contribution in [3.8, 4) is 11.5 Å². The summed E-state index contributed by atoms with van der Waals surface area (Å²) in [5.74, 6) is -3.25. The van der Waals surface area contributed by atoms with Gasteiger partial charge in [0.1, 0.15) is 17.6 Å². The first-order valence-electron chi connectivity index (χ1n) is 8.87. The first-order valence-corrected chi connectivity index (χ1v) is 10.9. The van der Waals surface area contributed by atoms with Crippen molar-refractivity contribution in [1.82, 2.24) is 4.72 Å². The van der Waals surface area contributed by atoms with Crippen LogP contribution in [0.25, 0.3) is 0 Å². The highest BCUT2D eigenvalue weighted by molar-refractivity contribution is 7.89. The summed E-state index contributed by atoms with van der Waals surface area (Å²) in [6.45, 7) is 1.68. The van der Waals surface area contributed by atoms with Crippen LogP contribution in [0, 0.1) is 12.7 Å². The van der Waals surface area contributed by atoms with E-state index in [0.29, 0.717) is 11.1 Å². The highest BCUT2D eigenvalue weighted by Crippen LogP contribution is 2.42. The monoisotopic (exact) mass is 480 g/mol. The van der Waals surface area contributed by atoms with E-state index in [-0.39, 0.29) is 28.6 Å². The lowest BCUT2D eigenvalue weighted by atomic mass is 9.96. The normalized spacial score (nSPS) is 16.9. The zero-order valence-electron chi connectivity index (χ0n) is 16.3. The second-order valence-corrected chi connectivity index (χ2v) is 9.20. The molecule has 31 heavy (non-hydrogen) atoms. The fourth-order valence-electron chi connectivity index (χ4n) is 3.26. The molecule has 0 fully saturated rings. The van der Waals surface area contributed by atoms with Gasteiger partial charge in [-0.3, -0.25) is 4.79 Å². The summed E-state index contributed by atoms with van der Waals surface area (Å²) in [6, 6.07) is 5.34. The molecule has 3 rings (SSSR count). The highest BCUT2D eigenvalue weighted by Gasteiger charge is 2.40. The molecule has 0 radical (unpaired) electrons. The van der Waals surface area contributed by atoms with Crippen LogP contribution >= 0.6 is 11.6 Å². The maximum Gasteiger partial charge on any atom is 0.404 e. The van der Waals surface area contributed by atoms with Crippen LogP contribution in [0.15, 0.2) is 30.3 Å². The molecule has 2 aromatic rings. The summed E-state index contributed by atoms with van der Waals surface area (Å²) in [7, 11) is -3.45. The molecule has 0 aromatic heterocycles. The average Bonchev–Trinajstić information content (AvgIpc) is 2.62. The van der Waals surface area contributed by atoms with Crippen LogP contribution in [0.4, 0.5) is 23.2 Å². The number of fused-ring (bicyclic) bond motifs is 1. The Morgan fingerprint density at radius 1 is 1.26 bits per heavy atom. The van der Waals surface area contributed by atoms with Gasteiger partial charge in [0.2, 0.25) is 15.9 Å². The number of benzene rings is 2. The third-order valence-electron chi connectivity index (χ3n) is 4.58. The summed E-state index contributed by atoms with van der Waals surface area (Å²) in [5, 5.41) is 0.126. The van der Waals surface area contributed by atoms with Crippen LogP contribution in [0.3, 0.4) is 0 Å². The Kier molecular flexibility index (Phi) is 6.23. The van der Waals surface area contributed by atoms with Crippen LogP contribution in [-0.4, -0.2) is 39.3 Å². The molecule has 0 saturated heterocycles. The van der Waals surface area contributed by atoms with E-state index in [1.165, 1.54) is 13.1 Å². The van der Waals surface area contributed by atoms with Crippen molar-refractivity contribution in [1.29, 1.82) is 0 Å². The van der Waals surface area contributed by atoms with Crippen molar-refractivity contribution >= 4 is 33.2 Å². The van der Waals surface area contributed by atoms with Gasteiger partial charge in [-0.2, -0.15) is 13.2 Å². The van der Waals surface area contributed by atoms with Gasteiger partial charge in [0.25, 0.3) is 0 Å². The molecular formula is C19H17ClF4N2O4S. The van der Waals surface area contributed by atoms with Gasteiger partial charge in [-0.05, 0) is 36.6 Å². The average molecular weight is 481 g/mol. The van der Waals surface area contributed by atoms with Crippen LogP contribution in [0.1, 0.15) is 11.1 Å². The topological polar surface area (TPSA) is 75.7 Å². The number of hydrogen-bond acceptors (Lipinski definition) is 4. The van der Waals surface area contributed by atoms with Gasteiger partial charge < -0.3 is 9.64 Å². The number of likely N-dealkylation sites (N-methyl/N-ethyl adjacent to an activating group) is 1. The minimum atomic E-state index is -4.95. The van der Waals surface area contributed by atoms with Gasteiger partial charge >= 0.3 is 6.18 Å². The van der Waals surface area contributed by atoms with Gasteiger partial charge in [-0.25, -0.2) is 17.5 Å². The maximum atomic E-state index is 13.6. The number of rotatable bonds is 5. The van der Waals surface area contributed by atoms with Crippen LogP contribution < -0.4 is 14.4 Å². The van der Waals surface area contributed by atoms with Crippen LogP contribution in [0.2, 0.25) is 5.02 Å². The van der Waals surface area contributed by atoms with E-state index >= 15 is 0 Å². The summed E-state index contributed by atoms with van der Waals surface area (Å²) >= 11 is 6.05. The third kappa shape index (κ3) is 5.28. The largest absolute Gasteiger partial charge is 0.453 e. The molecule has 12 heteroatoms. The zero-order chi connectivity index (χ0) is 23.1. The molecule has 1 amide bonds. The van der Waals surface area contributed by atoms with Gasteiger partial charge in [0.05, 0.1) is 10.7 Å². The quantitative estimate of drug-likeness (QED) is 0.658. The Labute approximate surface area is 180 Å². The van der Waals surface area contributed by atoms with E-state index in [1.54, 1.807) is 19.1 Å². The lowest BCUT2D eigenvalue weighted by molar-refractivity contribution is -0.120. The number of anilines is 1. The van der Waals surface area contributed by atoms with Crippen molar-refractivity contribution in [3.05, 3.63) is 52.3 Å². The van der Waals surface area contributed by atoms with Gasteiger partial charge in [0.15, 0.2) is 11.5 Å². The molecule has 0 bridgehead atoms. The first kappa shape index (κ1) is 23.3. The van der Waals surface area contributed by atoms with Crippen molar-refractivity contribution < 1.29 is 35.5 Å². The number of halogens is 5. The summed E-state index contributed by atoms with van der Waals surface area (Å²) in [6.07, 6.45) is -5.14. The Balaban J connectivity index is 1.96. The summed E-state index contributed by atoms with van der Waals surface area (Å²) in [5.41, 5.74) is 1.32. The zero-order valence-corrected chi connectivity index (χ0v) is 17.8. The van der Waals surface area contributed by atoms with E-state index < -0.39 is 39.7 Å². The number of ether oxygens (including phenoxy) is 1. The molecule has 0 spiro atoms. The highest BCUT2D eigenvalue weighted by atomic mass is 35.5. The lowest BCUT2D eigenvalue weighted by Gasteiger charge is -2.33. The van der Waals surface area contributed by atoms with Crippen molar-refractivity contribution in [2.24, 2.45) is 0 Å². The number of nitrogens with one attached hydrogen (secondary N) is 1. The molecule has 1 heterocycles. The van der Waals surface area contributed by atoms with Gasteiger partial charge in [-0.1, -0.05) is 23.7 Å². The second-order valence-electron chi connectivity index (χ2n) is 7.04. The predicted molar refractivity (Wildman–Crippen MR) is 107 cm³/mol. The number of aryl methyl sites for hydroxylation is 1. The Hall–Kier alpha value is -2.37. The molecule has 0 saturated carbocycles. The number of carbonyl (C=O) groups is 1. The van der Waals surface area contributed by atoms with E-state index in [9.17, 15) is 30.8 Å². The van der Waals surface area contributed by atoms with E-state index in [1.807, 2.05) is 4.72 Å². The number of sulfonamides is 1. The fraction of sp³-hybridized carbons (Fsp3) is 0.316. The molecular weight excluding hydrogens is 464 g/mol. The molecule has 1 aliphatic heterocycles. The smallest absolute Gasteiger partial charge is 0.404 e. The lowest BCUT2D eigenvalue weighted by Crippen LogP contribution is -2.52. The van der Waals surface area contributed by atoms with Crippen molar-refractivity contribution in [2.75, 3.05) is 17.7 Å². The summed E-state index contributed by atoms with van der Waals surface area (Å²) in [4.78, 5) is 13.8. The number of hydrogen-bond donors (Lipinski definition) is 1. The van der Waals surface area contributed by atoms with E-state index in [4.69, 9.17) is 16.3 Å². The van der Waals surface area contributed by atoms with Crippen molar-refractivity contribution in [2.45, 2.75) is 25.6 Å². The minimum absolute atomic E-state index is 0.00650. The van der Waals surface area contributed by atoms with Crippen LogP contribution in [0.5, 0.6) is 11.5 Å². The Morgan fingerprint density at radius 2 is 1.94 bits per heavy atom. The molecule has 1 aliphatic rings.